The summed E-state index contributed by atoms with van der Waals surface area (Å²) in [5.74, 6) is 0. The number of hydrogen-bond acceptors (Lipinski definition) is 4. The lowest BCUT2D eigenvalue weighted by Crippen LogP contribution is -2.22. The maximum Gasteiger partial charge on any atom is 0.150 e. The van der Waals surface area contributed by atoms with Crippen molar-refractivity contribution >= 4 is 7.85 Å². The molecule has 0 fully saturated rings. The van der Waals surface area contributed by atoms with Gasteiger partial charge in [-0.05, 0) is 43.4 Å². The summed E-state index contributed by atoms with van der Waals surface area (Å²) in [7, 11) is -1.04. The van der Waals surface area contributed by atoms with Crippen LogP contribution >= 0.6 is 7.85 Å². The zero-order valence-corrected chi connectivity index (χ0v) is 16.8. The van der Waals surface area contributed by atoms with E-state index in [2.05, 4.69) is 94.6 Å². The van der Waals surface area contributed by atoms with Gasteiger partial charge in [-0.1, -0.05) is 84.2 Å². The monoisotopic (exact) mass is 332 g/mol. The van der Waals surface area contributed by atoms with Crippen LogP contribution in [0.3, 0.4) is 0 Å². The summed E-state index contributed by atoms with van der Waals surface area (Å²) in [6.07, 6.45) is 0. The summed E-state index contributed by atoms with van der Waals surface area (Å²) in [4.78, 5) is 8.61. The largest absolute Gasteiger partial charge is 0.150 e. The lowest BCUT2D eigenvalue weighted by Gasteiger charge is -2.32. The van der Waals surface area contributed by atoms with Gasteiger partial charge in [-0.15, -0.1) is 0 Å². The number of rotatable bonds is 1. The average Bonchev–Trinajstić information content (AvgIpc) is 2.87. The van der Waals surface area contributed by atoms with Gasteiger partial charge in [0.1, 0.15) is 0 Å². The summed E-state index contributed by atoms with van der Waals surface area (Å²) in [5.41, 5.74) is 4.14. The third kappa shape index (κ3) is 3.80. The van der Waals surface area contributed by atoms with E-state index in [1.54, 1.807) is 0 Å². The third-order valence-electron chi connectivity index (χ3n) is 4.08. The molecule has 1 aromatic carbocycles. The molecule has 0 radical (unpaired) electrons. The molecule has 0 spiro atoms. The molecule has 1 heterocycles. The molecule has 0 aliphatic carbocycles. The van der Waals surface area contributed by atoms with Crippen molar-refractivity contribution in [2.24, 2.45) is 0 Å². The summed E-state index contributed by atoms with van der Waals surface area (Å²) < 4.78 is 0. The molecule has 0 saturated carbocycles. The Morgan fingerprint density at radius 2 is 1.04 bits per heavy atom. The van der Waals surface area contributed by atoms with Crippen LogP contribution in [-0.4, -0.2) is 20.1 Å². The van der Waals surface area contributed by atoms with Crippen molar-refractivity contribution in [1.82, 2.24) is 20.1 Å². The molecule has 4 nitrogen and oxygen atoms in total. The van der Waals surface area contributed by atoms with E-state index in [1.165, 1.54) is 22.0 Å². The summed E-state index contributed by atoms with van der Waals surface area (Å²) in [6, 6.07) is 4.69. The molecule has 5 heteroatoms. The topological polar surface area (TPSA) is 51.6 Å². The molecule has 23 heavy (non-hydrogen) atoms. The maximum atomic E-state index is 4.30. The average molecular weight is 332 g/mol. The van der Waals surface area contributed by atoms with Crippen LogP contribution in [0.2, 0.25) is 0 Å². The Balaban J connectivity index is 2.92. The Hall–Kier alpha value is -1.28. The lowest BCUT2D eigenvalue weighted by molar-refractivity contribution is 0.552. The summed E-state index contributed by atoms with van der Waals surface area (Å²) in [5, 5.41) is 8.78. The first-order valence-corrected chi connectivity index (χ1v) is 9.38. The van der Waals surface area contributed by atoms with Crippen LogP contribution in [0.1, 0.15) is 79.0 Å². The molecular weight excluding hydrogens is 303 g/mol. The number of aromatic nitrogens is 4. The van der Waals surface area contributed by atoms with Crippen molar-refractivity contribution in [2.75, 3.05) is 0 Å². The second-order valence-corrected chi connectivity index (χ2v) is 10.7. The second-order valence-electron chi connectivity index (χ2n) is 9.32. The molecule has 0 bridgehead atoms. The molecule has 126 valence electrons. The predicted molar refractivity (Wildman–Crippen MR) is 97.8 cm³/mol. The van der Waals surface area contributed by atoms with E-state index in [1.807, 2.05) is 0 Å². The fraction of sp³-hybridized carbons (Fsp3) is 0.667. The molecule has 0 unspecified atom stereocenters. The molecule has 2 aromatic rings. The molecule has 0 saturated heterocycles. The normalized spacial score (nSPS) is 13.4. The van der Waals surface area contributed by atoms with Crippen LogP contribution in [0.4, 0.5) is 0 Å². The Morgan fingerprint density at radius 1 is 0.652 bits per heavy atom. The smallest absolute Gasteiger partial charge is 0.0920 e. The zero-order valence-electron chi connectivity index (χ0n) is 15.9. The first kappa shape index (κ1) is 18.1. The van der Waals surface area contributed by atoms with Gasteiger partial charge in [0.25, 0.3) is 0 Å². The predicted octanol–water partition coefficient (Wildman–Crippen LogP) is 5.13. The molecule has 0 aliphatic rings. The molecule has 1 aromatic heterocycles. The summed E-state index contributed by atoms with van der Waals surface area (Å²) in [6.45, 7) is 20.3. The fourth-order valence-corrected chi connectivity index (χ4v) is 4.31. The number of hydrogen-bond donors (Lipinski definition) is 0. The van der Waals surface area contributed by atoms with Crippen LogP contribution in [0.15, 0.2) is 12.1 Å². The Labute approximate surface area is 141 Å². The van der Waals surface area contributed by atoms with E-state index in [9.17, 15) is 0 Å². The lowest BCUT2D eigenvalue weighted by atomic mass is 9.75. The highest BCUT2D eigenvalue weighted by Gasteiger charge is 2.31. The molecule has 2 rings (SSSR count). The van der Waals surface area contributed by atoms with Crippen LogP contribution in [0.25, 0.3) is 5.30 Å². The molecule has 0 N–H and O–H groups in total. The third-order valence-corrected chi connectivity index (χ3v) is 5.46. The van der Waals surface area contributed by atoms with Crippen molar-refractivity contribution in [3.8, 4) is 5.30 Å². The summed E-state index contributed by atoms with van der Waals surface area (Å²) >= 11 is 0. The van der Waals surface area contributed by atoms with Gasteiger partial charge in [0.15, 0.2) is 7.85 Å². The highest BCUT2D eigenvalue weighted by molar-refractivity contribution is 7.49. The SMILES string of the molecule is CC(C)(C)c1cc(C(C)(C)C)c(-p2nnnn2)c(C(C)(C)C)c1. The Bertz CT molecular complexity index is 648. The minimum absolute atomic E-state index is 0.0204. The van der Waals surface area contributed by atoms with Crippen molar-refractivity contribution < 1.29 is 0 Å². The standard InChI is InChI=1S/C18H29N4P/c1-16(2,3)12-10-13(17(4,5)6)15(23-21-19-20-22-23)14(11-12)18(7,8)9/h10-11H,1-9H3. The van der Waals surface area contributed by atoms with Gasteiger partial charge < -0.3 is 0 Å². The van der Waals surface area contributed by atoms with Gasteiger partial charge in [0.05, 0.1) is 0 Å². The van der Waals surface area contributed by atoms with Crippen molar-refractivity contribution in [3.63, 3.8) is 0 Å². The van der Waals surface area contributed by atoms with Gasteiger partial charge in [0, 0.05) is 5.30 Å². The van der Waals surface area contributed by atoms with E-state index in [0.717, 1.165) is 0 Å². The fourth-order valence-electron chi connectivity index (χ4n) is 2.65. The Kier molecular flexibility index (Phi) is 4.45. The van der Waals surface area contributed by atoms with Crippen LogP contribution < -0.4 is 0 Å². The maximum absolute atomic E-state index is 4.30. The highest BCUT2D eigenvalue weighted by Crippen LogP contribution is 2.48. The van der Waals surface area contributed by atoms with E-state index < -0.39 is 7.85 Å². The van der Waals surface area contributed by atoms with Crippen molar-refractivity contribution in [3.05, 3.63) is 28.8 Å². The van der Waals surface area contributed by atoms with Crippen LogP contribution in [-0.2, 0) is 16.2 Å². The molecule has 0 amide bonds. The van der Waals surface area contributed by atoms with Crippen molar-refractivity contribution in [1.29, 1.82) is 0 Å². The van der Waals surface area contributed by atoms with Crippen LogP contribution in [0, 0.1) is 0 Å². The van der Waals surface area contributed by atoms with E-state index >= 15 is 0 Å². The molecule has 0 atom stereocenters. The highest BCUT2D eigenvalue weighted by atomic mass is 31.1. The van der Waals surface area contributed by atoms with Gasteiger partial charge in [-0.2, -0.15) is 0 Å². The van der Waals surface area contributed by atoms with E-state index in [-0.39, 0.29) is 16.2 Å². The van der Waals surface area contributed by atoms with E-state index in [4.69, 9.17) is 0 Å². The number of nitrogens with zero attached hydrogens (tertiary/aromatic N) is 4. The quantitative estimate of drug-likeness (QED) is 0.726. The zero-order chi connectivity index (χ0) is 17.6. The first-order chi connectivity index (χ1) is 10.3. The molecular formula is C18H29N4P. The van der Waals surface area contributed by atoms with Gasteiger partial charge in [0.2, 0.25) is 0 Å². The minimum Gasteiger partial charge on any atom is -0.0920 e. The minimum atomic E-state index is -1.04. The van der Waals surface area contributed by atoms with Gasteiger partial charge in [-0.25, -0.2) is 0 Å². The van der Waals surface area contributed by atoms with Crippen LogP contribution in [0.5, 0.6) is 0 Å². The molecule has 0 aliphatic heterocycles. The first-order valence-electron chi connectivity index (χ1n) is 8.13. The number of benzene rings is 1. The van der Waals surface area contributed by atoms with E-state index in [0.29, 0.717) is 0 Å². The van der Waals surface area contributed by atoms with Crippen molar-refractivity contribution in [2.45, 2.75) is 78.6 Å². The second kappa shape index (κ2) is 5.66. The Morgan fingerprint density at radius 3 is 1.35 bits per heavy atom. The van der Waals surface area contributed by atoms with Gasteiger partial charge >= 0.3 is 0 Å². The van der Waals surface area contributed by atoms with Gasteiger partial charge in [-0.3, -0.25) is 0 Å².